The largest absolute Gasteiger partial charge is 0.333 e. The van der Waals surface area contributed by atoms with Crippen molar-refractivity contribution in [3.8, 4) is 0 Å². The van der Waals surface area contributed by atoms with Gasteiger partial charge < -0.3 is 15.6 Å². The fourth-order valence-corrected chi connectivity index (χ4v) is 3.24. The van der Waals surface area contributed by atoms with Crippen molar-refractivity contribution in [2.24, 2.45) is 5.73 Å². The molecule has 1 aromatic heterocycles. The Morgan fingerprint density at radius 2 is 2.09 bits per heavy atom. The van der Waals surface area contributed by atoms with E-state index in [0.717, 1.165) is 24.6 Å². The summed E-state index contributed by atoms with van der Waals surface area (Å²) < 4.78 is 0. The van der Waals surface area contributed by atoms with E-state index in [4.69, 9.17) is 5.73 Å². The van der Waals surface area contributed by atoms with Crippen molar-refractivity contribution in [3.63, 3.8) is 0 Å². The minimum absolute atomic E-state index is 0. The maximum atomic E-state index is 12.8. The van der Waals surface area contributed by atoms with E-state index < -0.39 is 0 Å². The van der Waals surface area contributed by atoms with E-state index >= 15 is 0 Å². The topological polar surface area (TPSA) is 79.2 Å². The summed E-state index contributed by atoms with van der Waals surface area (Å²) in [5.74, 6) is -0.134. The number of nitrogens with two attached hydrogens (primary N) is 1. The number of carbonyl (C=O) groups is 1. The number of rotatable bonds is 2. The van der Waals surface area contributed by atoms with Gasteiger partial charge in [-0.25, -0.2) is 0 Å². The number of halogens is 1. The van der Waals surface area contributed by atoms with Crippen LogP contribution in [0.1, 0.15) is 36.7 Å². The van der Waals surface area contributed by atoms with E-state index in [2.05, 4.69) is 4.98 Å². The smallest absolute Gasteiger partial charge is 0.270 e. The molecule has 1 aliphatic heterocycles. The van der Waals surface area contributed by atoms with Gasteiger partial charge in [0.1, 0.15) is 5.69 Å². The summed E-state index contributed by atoms with van der Waals surface area (Å²) in [6, 6.07) is 9.01. The van der Waals surface area contributed by atoms with Gasteiger partial charge >= 0.3 is 0 Å². The van der Waals surface area contributed by atoms with Gasteiger partial charge in [0.15, 0.2) is 0 Å². The number of likely N-dealkylation sites (tertiary alicyclic amines) is 1. The highest BCUT2D eigenvalue weighted by atomic mass is 35.5. The minimum Gasteiger partial charge on any atom is -0.333 e. The van der Waals surface area contributed by atoms with E-state index in [1.807, 2.05) is 30.0 Å². The molecule has 1 aromatic carbocycles. The third kappa shape index (κ3) is 3.41. The van der Waals surface area contributed by atoms with Crippen LogP contribution in [0.5, 0.6) is 0 Å². The molecule has 0 saturated carbocycles. The van der Waals surface area contributed by atoms with Gasteiger partial charge in [-0.05, 0) is 43.7 Å². The van der Waals surface area contributed by atoms with Crippen LogP contribution >= 0.6 is 12.4 Å². The molecule has 0 bridgehead atoms. The van der Waals surface area contributed by atoms with E-state index in [0.29, 0.717) is 17.6 Å². The second-order valence-electron chi connectivity index (χ2n) is 6.02. The van der Waals surface area contributed by atoms with Crippen molar-refractivity contribution in [3.05, 3.63) is 46.4 Å². The molecule has 0 aliphatic carbocycles. The molecule has 23 heavy (non-hydrogen) atoms. The van der Waals surface area contributed by atoms with Crippen molar-refractivity contribution in [2.75, 3.05) is 6.54 Å². The van der Waals surface area contributed by atoms with Crippen LogP contribution in [0.3, 0.4) is 0 Å². The van der Waals surface area contributed by atoms with Crippen LogP contribution in [0, 0.1) is 0 Å². The molecular formula is C17H22ClN3O2. The monoisotopic (exact) mass is 335 g/mol. The fourth-order valence-electron chi connectivity index (χ4n) is 3.24. The number of hydrogen-bond donors (Lipinski definition) is 2. The molecule has 0 radical (unpaired) electrons. The van der Waals surface area contributed by atoms with E-state index in [1.54, 1.807) is 12.1 Å². The van der Waals surface area contributed by atoms with Gasteiger partial charge in [-0.2, -0.15) is 0 Å². The number of aromatic amines is 1. The maximum absolute atomic E-state index is 12.8. The summed E-state index contributed by atoms with van der Waals surface area (Å²) >= 11 is 0. The first-order chi connectivity index (χ1) is 10.6. The first-order valence-electron chi connectivity index (χ1n) is 7.76. The molecule has 1 saturated heterocycles. The Labute approximate surface area is 141 Å². The second-order valence-corrected chi connectivity index (χ2v) is 6.02. The summed E-state index contributed by atoms with van der Waals surface area (Å²) in [5, 5.41) is 1.38. The average Bonchev–Trinajstić information content (AvgIpc) is 2.54. The second kappa shape index (κ2) is 7.15. The molecule has 124 valence electrons. The Kier molecular flexibility index (Phi) is 5.44. The van der Waals surface area contributed by atoms with Crippen LogP contribution in [0.2, 0.25) is 0 Å². The summed E-state index contributed by atoms with van der Waals surface area (Å²) in [6.45, 7) is 2.62. The lowest BCUT2D eigenvalue weighted by Gasteiger charge is -2.38. The van der Waals surface area contributed by atoms with Crippen LogP contribution < -0.4 is 11.3 Å². The molecule has 5 nitrogen and oxygen atoms in total. The Morgan fingerprint density at radius 1 is 1.35 bits per heavy atom. The van der Waals surface area contributed by atoms with Gasteiger partial charge in [0.25, 0.3) is 11.5 Å². The maximum Gasteiger partial charge on any atom is 0.270 e. The molecular weight excluding hydrogens is 314 g/mol. The minimum atomic E-state index is -0.226. The van der Waals surface area contributed by atoms with Gasteiger partial charge in [-0.15, -0.1) is 12.4 Å². The van der Waals surface area contributed by atoms with Crippen molar-refractivity contribution >= 4 is 29.1 Å². The normalized spacial score (nSPS) is 19.2. The van der Waals surface area contributed by atoms with Gasteiger partial charge in [0, 0.05) is 24.0 Å². The van der Waals surface area contributed by atoms with Gasteiger partial charge in [0.05, 0.1) is 0 Å². The third-order valence-electron chi connectivity index (χ3n) is 4.40. The Balaban J connectivity index is 0.00000192. The van der Waals surface area contributed by atoms with Crippen LogP contribution in [0.25, 0.3) is 10.8 Å². The van der Waals surface area contributed by atoms with Crippen LogP contribution in [0.15, 0.2) is 35.1 Å². The third-order valence-corrected chi connectivity index (χ3v) is 4.40. The molecule has 2 heterocycles. The summed E-state index contributed by atoms with van der Waals surface area (Å²) in [6.07, 6.45) is 2.98. The van der Waals surface area contributed by atoms with Gasteiger partial charge in [0.2, 0.25) is 0 Å². The van der Waals surface area contributed by atoms with Crippen molar-refractivity contribution < 1.29 is 4.79 Å². The molecule has 2 unspecified atom stereocenters. The number of pyridine rings is 1. The number of nitrogens with one attached hydrogen (secondary N) is 1. The number of nitrogens with zero attached hydrogens (tertiary/aromatic N) is 1. The Bertz CT molecular complexity index is 757. The van der Waals surface area contributed by atoms with E-state index in [9.17, 15) is 9.59 Å². The van der Waals surface area contributed by atoms with Crippen molar-refractivity contribution in [1.82, 2.24) is 9.88 Å². The first-order valence-corrected chi connectivity index (χ1v) is 7.76. The lowest BCUT2D eigenvalue weighted by molar-refractivity contribution is 0.0577. The van der Waals surface area contributed by atoms with Crippen LogP contribution in [-0.4, -0.2) is 34.4 Å². The molecule has 2 aromatic rings. The zero-order valence-electron chi connectivity index (χ0n) is 13.1. The van der Waals surface area contributed by atoms with Crippen LogP contribution in [0.4, 0.5) is 0 Å². The molecule has 1 fully saturated rings. The van der Waals surface area contributed by atoms with Crippen molar-refractivity contribution in [2.45, 2.75) is 38.3 Å². The highest BCUT2D eigenvalue weighted by Crippen LogP contribution is 2.21. The standard InChI is InChI=1S/C17H21N3O2.ClH/c1-11(18)15-8-4-5-9-20(15)17(22)14-10-12-6-2-3-7-13(12)16(21)19-14;/h2-3,6-7,10-11,15H,4-5,8-9,18H2,1H3,(H,19,21);1H. The molecule has 6 heteroatoms. The summed E-state index contributed by atoms with van der Waals surface area (Å²) in [7, 11) is 0. The Hall–Kier alpha value is -1.85. The predicted molar refractivity (Wildman–Crippen MR) is 94.1 cm³/mol. The number of amides is 1. The lowest BCUT2D eigenvalue weighted by Crippen LogP contribution is -2.52. The number of fused-ring (bicyclic) bond motifs is 1. The number of H-pyrrole nitrogens is 1. The van der Waals surface area contributed by atoms with Gasteiger partial charge in [-0.3, -0.25) is 9.59 Å². The molecule has 3 N–H and O–H groups in total. The average molecular weight is 336 g/mol. The highest BCUT2D eigenvalue weighted by molar-refractivity contribution is 5.96. The highest BCUT2D eigenvalue weighted by Gasteiger charge is 2.30. The molecule has 2 atom stereocenters. The SMILES string of the molecule is CC(N)C1CCCCN1C(=O)c1cc2ccccc2c(=O)[nH]1.Cl. The lowest BCUT2D eigenvalue weighted by atomic mass is 9.96. The predicted octanol–water partition coefficient (Wildman–Crippen LogP) is 2.29. The summed E-state index contributed by atoms with van der Waals surface area (Å²) in [5.41, 5.74) is 6.15. The number of aromatic nitrogens is 1. The molecule has 1 amide bonds. The van der Waals surface area contributed by atoms with Crippen molar-refractivity contribution in [1.29, 1.82) is 0 Å². The first kappa shape index (κ1) is 17.5. The van der Waals surface area contributed by atoms with E-state index in [1.165, 1.54) is 0 Å². The van der Waals surface area contributed by atoms with E-state index in [-0.39, 0.29) is 36.0 Å². The number of benzene rings is 1. The molecule has 0 spiro atoms. The zero-order valence-corrected chi connectivity index (χ0v) is 13.9. The fraction of sp³-hybridized carbons (Fsp3) is 0.412. The van der Waals surface area contributed by atoms with Crippen LogP contribution in [-0.2, 0) is 0 Å². The number of piperidine rings is 1. The van der Waals surface area contributed by atoms with Gasteiger partial charge in [-0.1, -0.05) is 18.2 Å². The molecule has 1 aliphatic rings. The number of carbonyl (C=O) groups excluding carboxylic acids is 1. The quantitative estimate of drug-likeness (QED) is 0.883. The summed E-state index contributed by atoms with van der Waals surface area (Å²) in [4.78, 5) is 29.5. The number of hydrogen-bond acceptors (Lipinski definition) is 3. The molecule has 3 rings (SSSR count). The zero-order chi connectivity index (χ0) is 15.7. The Morgan fingerprint density at radius 3 is 2.83 bits per heavy atom.